The van der Waals surface area contributed by atoms with Gasteiger partial charge in [0, 0.05) is 35.6 Å². The molecule has 0 aromatic heterocycles. The van der Waals surface area contributed by atoms with Crippen molar-refractivity contribution in [3.8, 4) is 0 Å². The van der Waals surface area contributed by atoms with Crippen molar-refractivity contribution in [2.45, 2.75) is 0 Å². The molecule has 0 aliphatic carbocycles. The number of nitrogens with one attached hydrogen (secondary N) is 4. The predicted octanol–water partition coefficient (Wildman–Crippen LogP) is 5.12. The Morgan fingerprint density at radius 2 is 0.938 bits per heavy atom. The molecule has 3 aromatic rings. The summed E-state index contributed by atoms with van der Waals surface area (Å²) in [6.07, 6.45) is 0. The summed E-state index contributed by atoms with van der Waals surface area (Å²) in [5.41, 5.74) is 2.43. The maximum absolute atomic E-state index is 10.8. The minimum atomic E-state index is -0.476. The van der Waals surface area contributed by atoms with Gasteiger partial charge in [-0.15, -0.1) is 0 Å². The zero-order valence-corrected chi connectivity index (χ0v) is 17.9. The van der Waals surface area contributed by atoms with E-state index in [1.165, 1.54) is 24.3 Å². The third kappa shape index (κ3) is 6.17. The largest absolute Gasteiger partial charge is 0.332 e. The number of anilines is 4. The second-order valence-electron chi connectivity index (χ2n) is 6.31. The topological polar surface area (TPSA) is 134 Å². The van der Waals surface area contributed by atoms with Crippen LogP contribution in [0.5, 0.6) is 0 Å². The summed E-state index contributed by atoms with van der Waals surface area (Å²) in [6.45, 7) is 0. The molecule has 0 spiro atoms. The Morgan fingerprint density at radius 3 is 1.25 bits per heavy atom. The Bertz CT molecular complexity index is 1080. The normalized spacial score (nSPS) is 10.0. The van der Waals surface area contributed by atoms with Crippen molar-refractivity contribution < 1.29 is 9.85 Å². The number of benzene rings is 3. The highest BCUT2D eigenvalue weighted by Gasteiger charge is 2.09. The second-order valence-corrected chi connectivity index (χ2v) is 7.13. The Labute approximate surface area is 192 Å². The molecule has 0 saturated heterocycles. The Kier molecular flexibility index (Phi) is 7.21. The number of nitro groups is 2. The van der Waals surface area contributed by atoms with E-state index >= 15 is 0 Å². The Morgan fingerprint density at radius 1 is 0.594 bits per heavy atom. The lowest BCUT2D eigenvalue weighted by molar-refractivity contribution is -0.385. The molecule has 3 aromatic carbocycles. The third-order valence-corrected chi connectivity index (χ3v) is 4.50. The van der Waals surface area contributed by atoms with Crippen LogP contribution in [-0.2, 0) is 0 Å². The van der Waals surface area contributed by atoms with Gasteiger partial charge in [-0.05, 0) is 60.8 Å². The number of nitro benzene ring substituents is 2. The maximum atomic E-state index is 10.8. The minimum absolute atomic E-state index is 0.0157. The van der Waals surface area contributed by atoms with Crippen molar-refractivity contribution in [1.29, 1.82) is 0 Å². The average molecular weight is 469 g/mol. The molecule has 0 unspecified atom stereocenters. The van der Waals surface area contributed by atoms with E-state index in [4.69, 9.17) is 24.4 Å². The summed E-state index contributed by atoms with van der Waals surface area (Å²) in [6, 6.07) is 18.9. The van der Waals surface area contributed by atoms with E-state index in [0.717, 1.165) is 0 Å². The molecule has 3 rings (SSSR count). The fourth-order valence-corrected chi connectivity index (χ4v) is 3.06. The van der Waals surface area contributed by atoms with Crippen LogP contribution in [0.3, 0.4) is 0 Å². The molecule has 0 aliphatic rings. The van der Waals surface area contributed by atoms with Crippen LogP contribution in [0, 0.1) is 20.2 Å². The van der Waals surface area contributed by atoms with Gasteiger partial charge in [-0.25, -0.2) is 0 Å². The molecule has 0 fully saturated rings. The molecule has 0 saturated carbocycles. The first-order valence-corrected chi connectivity index (χ1v) is 9.87. The molecule has 32 heavy (non-hydrogen) atoms. The number of nitrogens with zero attached hydrogens (tertiary/aromatic N) is 2. The van der Waals surface area contributed by atoms with Crippen LogP contribution in [0.2, 0.25) is 0 Å². The van der Waals surface area contributed by atoms with Crippen LogP contribution >= 0.6 is 24.4 Å². The van der Waals surface area contributed by atoms with E-state index in [1.54, 1.807) is 36.4 Å². The Hall–Kier alpha value is -4.16. The summed E-state index contributed by atoms with van der Waals surface area (Å²) < 4.78 is 0. The highest BCUT2D eigenvalue weighted by atomic mass is 32.1. The van der Waals surface area contributed by atoms with Gasteiger partial charge in [0.1, 0.15) is 0 Å². The monoisotopic (exact) mass is 468 g/mol. The van der Waals surface area contributed by atoms with Crippen LogP contribution in [0.1, 0.15) is 0 Å². The molecule has 0 aliphatic heterocycles. The van der Waals surface area contributed by atoms with E-state index in [2.05, 4.69) is 21.3 Å². The first-order chi connectivity index (χ1) is 15.3. The first-order valence-electron chi connectivity index (χ1n) is 9.06. The van der Waals surface area contributed by atoms with Crippen molar-refractivity contribution in [1.82, 2.24) is 0 Å². The van der Waals surface area contributed by atoms with Crippen LogP contribution in [0.15, 0.2) is 72.8 Å². The maximum Gasteiger partial charge on any atom is 0.269 e. The van der Waals surface area contributed by atoms with Crippen LogP contribution in [0.25, 0.3) is 0 Å². The molecule has 0 heterocycles. The van der Waals surface area contributed by atoms with Gasteiger partial charge >= 0.3 is 0 Å². The summed E-state index contributed by atoms with van der Waals surface area (Å²) in [7, 11) is 0. The molecule has 0 atom stereocenters. The summed E-state index contributed by atoms with van der Waals surface area (Å²) in [5, 5.41) is 34.1. The fraction of sp³-hybridized carbons (Fsp3) is 0. The molecule has 0 amide bonds. The van der Waals surface area contributed by atoms with Crippen molar-refractivity contribution in [3.05, 3.63) is 93.0 Å². The van der Waals surface area contributed by atoms with Crippen molar-refractivity contribution >= 4 is 68.8 Å². The van der Waals surface area contributed by atoms with Crippen molar-refractivity contribution in [2.75, 3.05) is 21.3 Å². The second kappa shape index (κ2) is 10.2. The standard InChI is InChI=1S/C20H16N6O4S2/c27-25(28)15-9-5-13(6-10-15)21-19(31)23-17-3-1-2-4-18(17)24-20(32)22-14-7-11-16(12-8-14)26(29)30/h1-12H,(H2,21,23,31)(H2,22,24,32). The molecule has 162 valence electrons. The lowest BCUT2D eigenvalue weighted by Crippen LogP contribution is -2.23. The van der Waals surface area contributed by atoms with Gasteiger partial charge < -0.3 is 21.3 Å². The van der Waals surface area contributed by atoms with Crippen molar-refractivity contribution in [2.24, 2.45) is 0 Å². The van der Waals surface area contributed by atoms with Crippen LogP contribution < -0.4 is 21.3 Å². The number of hydrogen-bond acceptors (Lipinski definition) is 6. The van der Waals surface area contributed by atoms with E-state index in [9.17, 15) is 20.2 Å². The van der Waals surface area contributed by atoms with Gasteiger partial charge in [0.15, 0.2) is 10.2 Å². The van der Waals surface area contributed by atoms with Gasteiger partial charge in [-0.1, -0.05) is 12.1 Å². The van der Waals surface area contributed by atoms with Gasteiger partial charge in [0.25, 0.3) is 11.4 Å². The summed E-state index contributed by atoms with van der Waals surface area (Å²) in [4.78, 5) is 20.6. The number of rotatable bonds is 6. The number of para-hydroxylation sites is 2. The fourth-order valence-electron chi connectivity index (χ4n) is 2.60. The zero-order chi connectivity index (χ0) is 23.1. The molecule has 10 nitrogen and oxygen atoms in total. The van der Waals surface area contributed by atoms with Crippen LogP contribution in [-0.4, -0.2) is 20.1 Å². The Balaban J connectivity index is 1.62. The number of hydrogen-bond donors (Lipinski definition) is 4. The number of non-ortho nitro benzene ring substituents is 2. The average Bonchev–Trinajstić information content (AvgIpc) is 2.76. The minimum Gasteiger partial charge on any atom is -0.332 e. The molecular weight excluding hydrogens is 452 g/mol. The summed E-state index contributed by atoms with van der Waals surface area (Å²) >= 11 is 10.7. The van der Waals surface area contributed by atoms with Gasteiger partial charge in [-0.3, -0.25) is 20.2 Å². The molecular formula is C20H16N6O4S2. The van der Waals surface area contributed by atoms with Gasteiger partial charge in [0.2, 0.25) is 0 Å². The van der Waals surface area contributed by atoms with Crippen LogP contribution in [0.4, 0.5) is 34.1 Å². The first kappa shape index (κ1) is 22.5. The van der Waals surface area contributed by atoms with Gasteiger partial charge in [-0.2, -0.15) is 0 Å². The van der Waals surface area contributed by atoms with Gasteiger partial charge in [0.05, 0.1) is 21.2 Å². The smallest absolute Gasteiger partial charge is 0.269 e. The quantitative estimate of drug-likeness (QED) is 0.219. The molecule has 0 bridgehead atoms. The lowest BCUT2D eigenvalue weighted by Gasteiger charge is -2.16. The lowest BCUT2D eigenvalue weighted by atomic mass is 10.2. The third-order valence-electron chi connectivity index (χ3n) is 4.10. The summed E-state index contributed by atoms with van der Waals surface area (Å²) in [5.74, 6) is 0. The highest BCUT2D eigenvalue weighted by Crippen LogP contribution is 2.23. The molecule has 12 heteroatoms. The van der Waals surface area contributed by atoms with E-state index in [0.29, 0.717) is 22.7 Å². The van der Waals surface area contributed by atoms with Crippen molar-refractivity contribution in [3.63, 3.8) is 0 Å². The highest BCUT2D eigenvalue weighted by molar-refractivity contribution is 7.81. The SMILES string of the molecule is O=[N+]([O-])c1ccc(NC(=S)Nc2ccccc2NC(=S)Nc2ccc([N+](=O)[O-])cc2)cc1. The van der Waals surface area contributed by atoms with E-state index in [1.807, 2.05) is 12.1 Å². The zero-order valence-electron chi connectivity index (χ0n) is 16.3. The predicted molar refractivity (Wildman–Crippen MR) is 132 cm³/mol. The molecule has 4 N–H and O–H groups in total. The van der Waals surface area contributed by atoms with E-state index in [-0.39, 0.29) is 21.6 Å². The van der Waals surface area contributed by atoms with E-state index < -0.39 is 9.85 Å². The molecule has 0 radical (unpaired) electrons. The number of thiocarbonyl (C=S) groups is 2.